The van der Waals surface area contributed by atoms with E-state index in [1.807, 2.05) is 30.0 Å². The summed E-state index contributed by atoms with van der Waals surface area (Å²) in [5.41, 5.74) is 1.78. The Hall–Kier alpha value is -2.71. The van der Waals surface area contributed by atoms with Gasteiger partial charge in [-0.2, -0.15) is 5.10 Å². The van der Waals surface area contributed by atoms with Crippen molar-refractivity contribution in [2.24, 2.45) is 0 Å². The van der Waals surface area contributed by atoms with Crippen LogP contribution < -0.4 is 9.64 Å². The number of nitrogens with zero attached hydrogens (tertiary/aromatic N) is 6. The minimum atomic E-state index is 0.0165. The Morgan fingerprint density at radius 1 is 1.20 bits per heavy atom. The summed E-state index contributed by atoms with van der Waals surface area (Å²) in [4.78, 5) is 21.0. The minimum Gasteiger partial charge on any atom is -0.495 e. The molecule has 1 amide bonds. The molecular formula is C20H22Cl2N6O2. The third-order valence-electron chi connectivity index (χ3n) is 5.28. The number of carbonyl (C=O) groups excluding carboxylic acids is 1. The molecule has 1 fully saturated rings. The second-order valence-electron chi connectivity index (χ2n) is 7.04. The van der Waals surface area contributed by atoms with E-state index in [1.165, 1.54) is 0 Å². The fourth-order valence-corrected chi connectivity index (χ4v) is 3.93. The van der Waals surface area contributed by atoms with E-state index in [2.05, 4.69) is 15.0 Å². The van der Waals surface area contributed by atoms with Crippen LogP contribution in [0.3, 0.4) is 0 Å². The molecule has 158 valence electrons. The van der Waals surface area contributed by atoms with Crippen LogP contribution in [0, 0.1) is 6.92 Å². The number of ether oxygens (including phenoxy) is 1. The summed E-state index contributed by atoms with van der Waals surface area (Å²) in [6.07, 6.45) is 5.06. The predicted octanol–water partition coefficient (Wildman–Crippen LogP) is 3.04. The van der Waals surface area contributed by atoms with Crippen molar-refractivity contribution in [1.82, 2.24) is 24.2 Å². The maximum absolute atomic E-state index is 12.9. The number of amides is 1. The molecule has 0 saturated carbocycles. The summed E-state index contributed by atoms with van der Waals surface area (Å²) < 4.78 is 8.68. The summed E-state index contributed by atoms with van der Waals surface area (Å²) in [6, 6.07) is 5.72. The van der Waals surface area contributed by atoms with Crippen LogP contribution in [0.25, 0.3) is 5.82 Å². The lowest BCUT2D eigenvalue weighted by Crippen LogP contribution is -2.49. The van der Waals surface area contributed by atoms with Crippen LogP contribution in [0.4, 0.5) is 5.69 Å². The van der Waals surface area contributed by atoms with Gasteiger partial charge in [-0.3, -0.25) is 14.0 Å². The van der Waals surface area contributed by atoms with Crippen LogP contribution in [0.15, 0.2) is 36.9 Å². The first-order valence-electron chi connectivity index (χ1n) is 9.55. The lowest BCUT2D eigenvalue weighted by Gasteiger charge is -2.36. The van der Waals surface area contributed by atoms with Crippen molar-refractivity contribution >= 4 is 34.8 Å². The van der Waals surface area contributed by atoms with Crippen molar-refractivity contribution in [2.75, 3.05) is 38.2 Å². The van der Waals surface area contributed by atoms with Gasteiger partial charge in [-0.05, 0) is 19.1 Å². The van der Waals surface area contributed by atoms with Gasteiger partial charge in [0, 0.05) is 50.3 Å². The summed E-state index contributed by atoms with van der Waals surface area (Å²) in [6.45, 7) is 4.73. The Labute approximate surface area is 184 Å². The van der Waals surface area contributed by atoms with Gasteiger partial charge in [0.15, 0.2) is 5.82 Å². The van der Waals surface area contributed by atoms with Gasteiger partial charge in [-0.1, -0.05) is 23.2 Å². The third kappa shape index (κ3) is 3.97. The first-order chi connectivity index (χ1) is 14.5. The number of rotatable bonds is 5. The number of piperazine rings is 1. The zero-order valence-electron chi connectivity index (χ0n) is 16.8. The van der Waals surface area contributed by atoms with Gasteiger partial charge in [-0.25, -0.2) is 4.98 Å². The maximum Gasteiger partial charge on any atom is 0.244 e. The zero-order chi connectivity index (χ0) is 21.3. The quantitative estimate of drug-likeness (QED) is 0.599. The van der Waals surface area contributed by atoms with E-state index >= 15 is 0 Å². The number of anilines is 1. The number of hydrogen-bond acceptors (Lipinski definition) is 5. The first kappa shape index (κ1) is 20.6. The van der Waals surface area contributed by atoms with Crippen LogP contribution in [-0.4, -0.2) is 63.4 Å². The number of benzene rings is 1. The van der Waals surface area contributed by atoms with Crippen LogP contribution in [0.1, 0.15) is 5.69 Å². The summed E-state index contributed by atoms with van der Waals surface area (Å²) in [5.74, 6) is 1.23. The molecule has 2 aromatic heterocycles. The van der Waals surface area contributed by atoms with E-state index < -0.39 is 0 Å². The van der Waals surface area contributed by atoms with Gasteiger partial charge >= 0.3 is 0 Å². The largest absolute Gasteiger partial charge is 0.495 e. The topological polar surface area (TPSA) is 68.4 Å². The molecule has 0 bridgehead atoms. The van der Waals surface area contributed by atoms with Gasteiger partial charge in [0.05, 0.1) is 17.8 Å². The predicted molar refractivity (Wildman–Crippen MR) is 116 cm³/mol. The van der Waals surface area contributed by atoms with Crippen LogP contribution in [0.2, 0.25) is 10.0 Å². The van der Waals surface area contributed by atoms with E-state index in [1.54, 1.807) is 35.1 Å². The molecule has 30 heavy (non-hydrogen) atoms. The van der Waals surface area contributed by atoms with Gasteiger partial charge in [-0.15, -0.1) is 0 Å². The summed E-state index contributed by atoms with van der Waals surface area (Å²) >= 11 is 12.5. The van der Waals surface area contributed by atoms with Crippen LogP contribution >= 0.6 is 23.2 Å². The highest BCUT2D eigenvalue weighted by Gasteiger charge is 2.24. The van der Waals surface area contributed by atoms with Crippen molar-refractivity contribution in [2.45, 2.75) is 13.5 Å². The molecule has 8 nitrogen and oxygen atoms in total. The second kappa shape index (κ2) is 8.57. The number of methoxy groups -OCH3 is 1. The molecule has 4 rings (SSSR count). The van der Waals surface area contributed by atoms with Crippen molar-refractivity contribution in [1.29, 1.82) is 0 Å². The van der Waals surface area contributed by atoms with E-state index in [0.29, 0.717) is 34.7 Å². The number of carbonyl (C=O) groups is 1. The molecule has 1 aromatic carbocycles. The van der Waals surface area contributed by atoms with E-state index in [-0.39, 0.29) is 12.5 Å². The SMILES string of the molecule is COc1cc(N2CCN(C(=O)Cn3nc(-n4ccnc4)c(Cl)c3C)CC2)ccc1Cl. The Bertz CT molecular complexity index is 1040. The Balaban J connectivity index is 1.40. The highest BCUT2D eigenvalue weighted by molar-refractivity contribution is 6.33. The number of hydrogen-bond donors (Lipinski definition) is 0. The van der Waals surface area contributed by atoms with Gasteiger partial charge in [0.2, 0.25) is 5.91 Å². The van der Waals surface area contributed by atoms with Crippen molar-refractivity contribution < 1.29 is 9.53 Å². The monoisotopic (exact) mass is 448 g/mol. The van der Waals surface area contributed by atoms with Crippen LogP contribution in [0.5, 0.6) is 5.75 Å². The second-order valence-corrected chi connectivity index (χ2v) is 7.82. The molecule has 3 heterocycles. The maximum atomic E-state index is 12.9. The average molecular weight is 449 g/mol. The standard InChI is InChI=1S/C20H22Cl2N6O2/c1-14-19(22)20(27-6-5-23-13-27)24-28(14)12-18(29)26-9-7-25(8-10-26)15-3-4-16(21)17(11-15)30-2/h3-6,11,13H,7-10,12H2,1-2H3. The molecule has 0 atom stereocenters. The van der Waals surface area contributed by atoms with Crippen molar-refractivity contribution in [3.05, 3.63) is 52.7 Å². The van der Waals surface area contributed by atoms with Crippen molar-refractivity contribution in [3.8, 4) is 11.6 Å². The molecule has 3 aromatic rings. The molecule has 1 aliphatic rings. The minimum absolute atomic E-state index is 0.0165. The lowest BCUT2D eigenvalue weighted by atomic mass is 10.2. The highest BCUT2D eigenvalue weighted by Crippen LogP contribution is 2.30. The Kier molecular flexibility index (Phi) is 5.87. The molecule has 1 saturated heterocycles. The van der Waals surface area contributed by atoms with E-state index in [4.69, 9.17) is 27.9 Å². The average Bonchev–Trinajstić information content (AvgIpc) is 3.38. The first-order valence-corrected chi connectivity index (χ1v) is 10.3. The van der Waals surface area contributed by atoms with E-state index in [9.17, 15) is 4.79 Å². The fraction of sp³-hybridized carbons (Fsp3) is 0.350. The molecule has 0 spiro atoms. The van der Waals surface area contributed by atoms with Gasteiger partial charge < -0.3 is 14.5 Å². The normalized spacial score (nSPS) is 14.3. The fourth-order valence-electron chi connectivity index (χ4n) is 3.50. The smallest absolute Gasteiger partial charge is 0.244 e. The molecule has 0 N–H and O–H groups in total. The highest BCUT2D eigenvalue weighted by atomic mass is 35.5. The summed E-state index contributed by atoms with van der Waals surface area (Å²) in [7, 11) is 1.60. The van der Waals surface area contributed by atoms with E-state index in [0.717, 1.165) is 24.5 Å². The third-order valence-corrected chi connectivity index (χ3v) is 6.04. The van der Waals surface area contributed by atoms with Crippen LogP contribution in [-0.2, 0) is 11.3 Å². The Morgan fingerprint density at radius 2 is 1.97 bits per heavy atom. The molecule has 0 unspecified atom stereocenters. The molecule has 1 aliphatic heterocycles. The Morgan fingerprint density at radius 3 is 2.63 bits per heavy atom. The molecule has 0 radical (unpaired) electrons. The summed E-state index contributed by atoms with van der Waals surface area (Å²) in [5, 5.41) is 5.60. The molecule has 0 aliphatic carbocycles. The van der Waals surface area contributed by atoms with Gasteiger partial charge in [0.1, 0.15) is 23.6 Å². The number of halogens is 2. The van der Waals surface area contributed by atoms with Crippen molar-refractivity contribution in [3.63, 3.8) is 0 Å². The number of imidazole rings is 1. The number of aromatic nitrogens is 4. The lowest BCUT2D eigenvalue weighted by molar-refractivity contribution is -0.132. The molecule has 10 heteroatoms. The zero-order valence-corrected chi connectivity index (χ0v) is 18.3. The van der Waals surface area contributed by atoms with Gasteiger partial charge in [0.25, 0.3) is 0 Å². The molecular weight excluding hydrogens is 427 g/mol.